The monoisotopic (exact) mass is 1200 g/mol. The Morgan fingerprint density at radius 1 is 0.988 bits per heavy atom. The third kappa shape index (κ3) is 19.4. The summed E-state index contributed by atoms with van der Waals surface area (Å²) in [6.45, 7) is 14.0. The van der Waals surface area contributed by atoms with Crippen molar-refractivity contribution in [3.8, 4) is 0 Å². The summed E-state index contributed by atoms with van der Waals surface area (Å²) in [5.74, 6) is -4.80. The summed E-state index contributed by atoms with van der Waals surface area (Å²) in [6, 6.07) is 1.95. The molecular formula is C61H88ClN5O15S. The Morgan fingerprint density at radius 3 is 2.35 bits per heavy atom. The molecule has 3 fully saturated rings. The van der Waals surface area contributed by atoms with Crippen LogP contribution in [0.3, 0.4) is 0 Å². The van der Waals surface area contributed by atoms with Gasteiger partial charge in [-0.1, -0.05) is 75.1 Å². The van der Waals surface area contributed by atoms with Gasteiger partial charge in [-0.05, 0) is 103 Å². The minimum Gasteiger partial charge on any atom is -0.480 e. The average molecular weight is 1200 g/mol. The molecule has 4 bridgehead atoms. The van der Waals surface area contributed by atoms with Crippen molar-refractivity contribution in [1.29, 1.82) is 0 Å². The van der Waals surface area contributed by atoms with E-state index in [1.807, 2.05) is 38.1 Å². The number of fused-ring (bicyclic) bond motifs is 5. The van der Waals surface area contributed by atoms with Gasteiger partial charge in [0.25, 0.3) is 0 Å². The van der Waals surface area contributed by atoms with Crippen molar-refractivity contribution in [2.45, 2.75) is 212 Å². The number of epoxide rings is 1. The summed E-state index contributed by atoms with van der Waals surface area (Å²) in [5.41, 5.74) is 0.0916. The lowest BCUT2D eigenvalue weighted by Crippen LogP contribution is -2.60. The minimum absolute atomic E-state index is 0.00473. The Labute approximate surface area is 497 Å². The number of aliphatic carboxylic acids is 1. The number of carboxylic acid groups (broad SMARTS) is 1. The van der Waals surface area contributed by atoms with Crippen LogP contribution in [0.25, 0.3) is 0 Å². The Morgan fingerprint density at radius 2 is 1.69 bits per heavy atom. The SMILES string of the molecule is CCC(=O)NC(CCCCCC(=O)C1CCC(CNC(=O)CC(SCCC(=O)N(C)[C@@H](C)C(=O)O[C@H]2CC(=O)N(C)c3cc(cc(C)c3Cl)C/C(C)=C/C=C/[C@H](C)[C@@]3(O)CC(OC(=O)N3)[C@@H](C)[C@@H]3O[C@@]23C)C(=O)O)CC1)C(=O)CCC(C)=O. The second kappa shape index (κ2) is 31.0. The Hall–Kier alpha value is -5.64. The van der Waals surface area contributed by atoms with Crippen molar-refractivity contribution < 1.29 is 72.4 Å². The Balaban J connectivity index is 1.11. The number of thioether (sulfide) groups is 1. The quantitative estimate of drug-likeness (QED) is 0.0356. The lowest BCUT2D eigenvalue weighted by Gasteiger charge is -2.41. The summed E-state index contributed by atoms with van der Waals surface area (Å²) in [7, 11) is 2.99. The lowest BCUT2D eigenvalue weighted by atomic mass is 9.79. The number of anilines is 1. The highest BCUT2D eigenvalue weighted by Crippen LogP contribution is 2.49. The standard InChI is InChI=1S/C61H88ClN5O15S/c1-11-51(71)64-44(47(70)25-20-38(5)68)18-13-12-14-19-46(69)43-23-21-41(22-24-43)34-63-52(72)31-49(57(75)76)83-27-26-53(73)66(9)40(7)58(77)81-50-32-54(74)67(10)45-30-42(29-36(3)55(45)62)28-35(2)16-15-17-37(4)61(79)33-48(80-59(78)65-61)39(6)56-60(50,8)82-56/h15-17,29-30,37,39-41,43-44,48-50,56,79H,11-14,18-28,31-34H2,1-10H3,(H,63,72)(H,64,71)(H,65,78)(H,75,76)/b17-15+,35-16+/t37-,39+,40-,41?,43?,44?,48?,49?,50-,56-,60-,61-/m0/s1. The molecule has 5 N–H and O–H groups in total. The molecule has 3 heterocycles. The maximum absolute atomic E-state index is 14.3. The molecule has 0 spiro atoms. The highest BCUT2D eigenvalue weighted by atomic mass is 35.5. The number of amides is 5. The van der Waals surface area contributed by atoms with Crippen LogP contribution in [0.2, 0.25) is 5.02 Å². The van der Waals surface area contributed by atoms with E-state index in [-0.39, 0.29) is 85.8 Å². The zero-order valence-corrected chi connectivity index (χ0v) is 51.6. The molecule has 83 heavy (non-hydrogen) atoms. The zero-order valence-electron chi connectivity index (χ0n) is 50.0. The van der Waals surface area contributed by atoms with E-state index < -0.39 is 94.6 Å². The third-order valence-electron chi connectivity index (χ3n) is 17.0. The van der Waals surface area contributed by atoms with E-state index in [1.165, 1.54) is 30.7 Å². The molecule has 22 heteroatoms. The number of benzene rings is 1. The molecule has 5 amide bonds. The summed E-state index contributed by atoms with van der Waals surface area (Å²) < 4.78 is 18.2. The van der Waals surface area contributed by atoms with Crippen molar-refractivity contribution in [2.24, 2.45) is 23.7 Å². The van der Waals surface area contributed by atoms with Gasteiger partial charge in [0.05, 0.1) is 29.3 Å². The number of aryl methyl sites for hydroxylation is 1. The number of alkyl carbamates (subject to hydrolysis) is 1. The zero-order chi connectivity index (χ0) is 61.5. The number of nitrogens with one attached hydrogen (secondary N) is 3. The first-order valence-electron chi connectivity index (χ1n) is 29.3. The highest BCUT2D eigenvalue weighted by molar-refractivity contribution is 8.00. The van der Waals surface area contributed by atoms with Gasteiger partial charge in [0.15, 0.2) is 5.78 Å². The van der Waals surface area contributed by atoms with E-state index >= 15 is 0 Å². The third-order valence-corrected chi connectivity index (χ3v) is 18.7. The van der Waals surface area contributed by atoms with Crippen molar-refractivity contribution in [1.82, 2.24) is 20.9 Å². The number of aliphatic hydroxyl groups is 1. The molecule has 10 atom stereocenters. The van der Waals surface area contributed by atoms with E-state index in [0.29, 0.717) is 68.6 Å². The first-order valence-corrected chi connectivity index (χ1v) is 30.7. The topological polar surface area (TPSA) is 285 Å². The molecule has 2 saturated heterocycles. The smallest absolute Gasteiger partial charge is 0.409 e. The summed E-state index contributed by atoms with van der Waals surface area (Å²) in [6.07, 6.45) is 7.78. The number of esters is 1. The van der Waals surface area contributed by atoms with Crippen LogP contribution in [0.15, 0.2) is 35.9 Å². The van der Waals surface area contributed by atoms with Crippen molar-refractivity contribution in [3.63, 3.8) is 0 Å². The van der Waals surface area contributed by atoms with E-state index in [9.17, 15) is 58.2 Å². The molecular weight excluding hydrogens is 1110 g/mol. The van der Waals surface area contributed by atoms with Gasteiger partial charge in [0, 0.05) is 89.1 Å². The fourth-order valence-corrected chi connectivity index (χ4v) is 12.4. The van der Waals surface area contributed by atoms with Gasteiger partial charge in [0.2, 0.25) is 23.6 Å². The van der Waals surface area contributed by atoms with Gasteiger partial charge in [-0.15, -0.1) is 11.8 Å². The summed E-state index contributed by atoms with van der Waals surface area (Å²) in [4.78, 5) is 132. The fraction of sp³-hybridized carbons (Fsp3) is 0.672. The maximum Gasteiger partial charge on any atom is 0.409 e. The van der Waals surface area contributed by atoms with Crippen LogP contribution in [-0.2, 0) is 63.8 Å². The first-order chi connectivity index (χ1) is 39.1. The molecule has 1 aromatic rings. The van der Waals surface area contributed by atoms with Crippen molar-refractivity contribution >= 4 is 88.1 Å². The number of ether oxygens (including phenoxy) is 3. The number of unbranched alkanes of at least 4 members (excludes halogenated alkanes) is 2. The predicted octanol–water partition coefficient (Wildman–Crippen LogP) is 7.68. The van der Waals surface area contributed by atoms with Crippen LogP contribution < -0.4 is 20.9 Å². The van der Waals surface area contributed by atoms with Gasteiger partial charge in [-0.2, -0.15) is 0 Å². The number of ketones is 3. The number of likely N-dealkylation sites (N-methyl/N-ethyl adjacent to an activating group) is 1. The molecule has 3 aliphatic heterocycles. The number of hydrogen-bond donors (Lipinski definition) is 5. The van der Waals surface area contributed by atoms with E-state index in [1.54, 1.807) is 40.8 Å². The Bertz CT molecular complexity index is 2620. The number of nitrogens with zero attached hydrogens (tertiary/aromatic N) is 2. The van der Waals surface area contributed by atoms with Gasteiger partial charge in [-0.3, -0.25) is 38.9 Å². The van der Waals surface area contributed by atoms with Crippen LogP contribution >= 0.6 is 23.4 Å². The second-order valence-electron chi connectivity index (χ2n) is 23.5. The molecule has 0 aromatic heterocycles. The summed E-state index contributed by atoms with van der Waals surface area (Å²) >= 11 is 7.76. The van der Waals surface area contributed by atoms with Gasteiger partial charge >= 0.3 is 18.0 Å². The first kappa shape index (κ1) is 68.1. The number of allylic oxidation sites excluding steroid dienone is 3. The van der Waals surface area contributed by atoms with E-state index in [4.69, 9.17) is 25.8 Å². The molecule has 0 radical (unpaired) electrons. The van der Waals surface area contributed by atoms with Gasteiger partial charge in [0.1, 0.15) is 46.4 Å². The lowest BCUT2D eigenvalue weighted by molar-refractivity contribution is -0.162. The molecule has 20 nitrogen and oxygen atoms in total. The number of carbonyl (C=O) groups is 10. The summed E-state index contributed by atoms with van der Waals surface area (Å²) in [5, 5.41) is 29.2. The van der Waals surface area contributed by atoms with Gasteiger partial charge < -0.3 is 49.7 Å². The average Bonchev–Trinajstić information content (AvgIpc) is 2.15. The van der Waals surface area contributed by atoms with Crippen LogP contribution in [0, 0.1) is 30.6 Å². The van der Waals surface area contributed by atoms with E-state index in [0.717, 1.165) is 41.3 Å². The fourth-order valence-electron chi connectivity index (χ4n) is 11.1. The van der Waals surface area contributed by atoms with Crippen molar-refractivity contribution in [2.75, 3.05) is 31.3 Å². The maximum atomic E-state index is 14.3. The number of hydrogen-bond acceptors (Lipinski definition) is 15. The van der Waals surface area contributed by atoms with Crippen molar-refractivity contribution in [3.05, 3.63) is 52.1 Å². The van der Waals surface area contributed by atoms with Gasteiger partial charge in [-0.25, -0.2) is 9.59 Å². The van der Waals surface area contributed by atoms with Crippen LogP contribution in [0.4, 0.5) is 10.5 Å². The Kier molecular flexibility index (Phi) is 25.4. The largest absolute Gasteiger partial charge is 0.480 e. The molecule has 3 unspecified atom stereocenters. The molecule has 460 valence electrons. The number of halogens is 1. The van der Waals surface area contributed by atoms with E-state index in [2.05, 4.69) is 16.0 Å². The van der Waals surface area contributed by atoms with Crippen LogP contribution in [0.5, 0.6) is 0 Å². The molecule has 5 rings (SSSR count). The number of Topliss-reactive ketones (excluding diaryl/α,β-unsaturated/α-hetero) is 3. The minimum atomic E-state index is -1.67. The number of carboxylic acids is 1. The number of rotatable bonds is 25. The molecule has 1 aromatic carbocycles. The predicted molar refractivity (Wildman–Crippen MR) is 314 cm³/mol. The second-order valence-corrected chi connectivity index (χ2v) is 25.2. The van der Waals surface area contributed by atoms with Crippen LogP contribution in [-0.4, -0.2) is 147 Å². The highest BCUT2D eigenvalue weighted by Gasteiger charge is 2.64. The molecule has 1 saturated carbocycles. The molecule has 4 aliphatic rings. The number of carbonyl (C=O) groups excluding carboxylic acids is 9. The van der Waals surface area contributed by atoms with Crippen LogP contribution in [0.1, 0.15) is 162 Å². The normalized spacial score (nSPS) is 27.6. The molecule has 1 aliphatic carbocycles.